The number of ether oxygens (including phenoxy) is 1. The Bertz CT molecular complexity index is 377. The third-order valence-electron chi connectivity index (χ3n) is 2.41. The number of rotatable bonds is 4. The van der Waals surface area contributed by atoms with Gasteiger partial charge in [0, 0.05) is 6.54 Å². The van der Waals surface area contributed by atoms with Gasteiger partial charge in [-0.2, -0.15) is 5.43 Å². The van der Waals surface area contributed by atoms with Crippen molar-refractivity contribution in [3.8, 4) is 0 Å². The van der Waals surface area contributed by atoms with Crippen molar-refractivity contribution < 1.29 is 9.53 Å². The number of carbonyl (C=O) groups is 1. The Morgan fingerprint density at radius 1 is 1.62 bits per heavy atom. The van der Waals surface area contributed by atoms with Crippen LogP contribution in [-0.2, 0) is 11.3 Å². The fraction of sp³-hybridized carbons (Fsp3) is 0.600. The van der Waals surface area contributed by atoms with E-state index in [1.807, 2.05) is 4.57 Å². The number of imidazole rings is 1. The molecule has 0 radical (unpaired) electrons. The molecule has 0 aromatic carbocycles. The predicted octanol–water partition coefficient (Wildman–Crippen LogP) is 1.27. The van der Waals surface area contributed by atoms with Gasteiger partial charge in [-0.3, -0.25) is 0 Å². The van der Waals surface area contributed by atoms with Crippen molar-refractivity contribution in [2.45, 2.75) is 33.0 Å². The molecule has 0 aliphatic carbocycles. The normalized spacial score (nSPS) is 18.6. The van der Waals surface area contributed by atoms with Crippen LogP contribution in [0.2, 0.25) is 0 Å². The van der Waals surface area contributed by atoms with Gasteiger partial charge in [0.25, 0.3) is 0 Å². The molecule has 6 nitrogen and oxygen atoms in total. The monoisotopic (exact) mass is 224 g/mol. The van der Waals surface area contributed by atoms with Crippen molar-refractivity contribution in [3.63, 3.8) is 0 Å². The largest absolute Gasteiger partial charge is 0.449 e. The topological polar surface area (TPSA) is 69.1 Å². The van der Waals surface area contributed by atoms with Gasteiger partial charge in [-0.15, -0.1) is 0 Å². The lowest BCUT2D eigenvalue weighted by Gasteiger charge is -2.04. The first-order chi connectivity index (χ1) is 7.77. The van der Waals surface area contributed by atoms with E-state index in [0.29, 0.717) is 6.61 Å². The number of nitrogens with zero attached hydrogens (tertiary/aromatic N) is 3. The minimum absolute atomic E-state index is 0.0897. The van der Waals surface area contributed by atoms with Crippen molar-refractivity contribution in [1.82, 2.24) is 20.0 Å². The number of carbonyl (C=O) groups excluding carboxylic acids is 1. The van der Waals surface area contributed by atoms with Gasteiger partial charge in [0.15, 0.2) is 6.17 Å². The van der Waals surface area contributed by atoms with Crippen LogP contribution in [0.1, 0.15) is 32.1 Å². The van der Waals surface area contributed by atoms with Gasteiger partial charge in [-0.25, -0.2) is 14.8 Å². The van der Waals surface area contributed by atoms with Gasteiger partial charge in [-0.1, -0.05) is 6.92 Å². The van der Waals surface area contributed by atoms with Crippen LogP contribution in [-0.4, -0.2) is 27.3 Å². The third-order valence-corrected chi connectivity index (χ3v) is 2.41. The maximum Gasteiger partial charge on any atom is 0.426 e. The fourth-order valence-electron chi connectivity index (χ4n) is 1.63. The maximum absolute atomic E-state index is 11.4. The summed E-state index contributed by atoms with van der Waals surface area (Å²) in [7, 11) is 0. The van der Waals surface area contributed by atoms with Crippen LogP contribution in [0, 0.1) is 0 Å². The Labute approximate surface area is 94.2 Å². The second kappa shape index (κ2) is 4.52. The number of nitrogens with one attached hydrogen (secondary N) is 1. The number of aryl methyl sites for hydroxylation is 1. The van der Waals surface area contributed by atoms with Crippen LogP contribution in [0.25, 0.3) is 0 Å². The zero-order chi connectivity index (χ0) is 11.5. The van der Waals surface area contributed by atoms with Gasteiger partial charge in [0.1, 0.15) is 0 Å². The minimum Gasteiger partial charge on any atom is -0.449 e. The van der Waals surface area contributed by atoms with Gasteiger partial charge in [0.2, 0.25) is 0 Å². The summed E-state index contributed by atoms with van der Waals surface area (Å²) in [6, 6.07) is 0. The Hall–Kier alpha value is -1.56. The van der Waals surface area contributed by atoms with Crippen LogP contribution in [0.15, 0.2) is 12.5 Å². The molecule has 6 heteroatoms. The summed E-state index contributed by atoms with van der Waals surface area (Å²) in [6.07, 6.45) is 4.16. The summed E-state index contributed by atoms with van der Waals surface area (Å²) >= 11 is 0. The van der Waals surface area contributed by atoms with E-state index in [0.717, 1.165) is 18.7 Å². The molecule has 0 bridgehead atoms. The van der Waals surface area contributed by atoms with Crippen molar-refractivity contribution in [1.29, 1.82) is 0 Å². The third kappa shape index (κ3) is 2.01. The van der Waals surface area contributed by atoms with Gasteiger partial charge >= 0.3 is 6.09 Å². The van der Waals surface area contributed by atoms with Crippen molar-refractivity contribution in [2.75, 3.05) is 6.61 Å². The highest BCUT2D eigenvalue weighted by Gasteiger charge is 2.42. The van der Waals surface area contributed by atoms with Gasteiger partial charge in [0.05, 0.1) is 24.8 Å². The number of hydrazine groups is 1. The molecule has 1 aliphatic rings. The molecule has 1 amide bonds. The van der Waals surface area contributed by atoms with Crippen molar-refractivity contribution in [3.05, 3.63) is 18.2 Å². The lowest BCUT2D eigenvalue weighted by atomic mass is 10.4. The minimum atomic E-state index is -0.336. The maximum atomic E-state index is 11.4. The average Bonchev–Trinajstić information content (AvgIpc) is 2.93. The Morgan fingerprint density at radius 3 is 3.12 bits per heavy atom. The molecule has 88 valence electrons. The molecule has 1 atom stereocenters. The summed E-state index contributed by atoms with van der Waals surface area (Å²) in [5.41, 5.74) is 3.95. The molecular formula is C10H16N4O2. The Morgan fingerprint density at radius 2 is 2.44 bits per heavy atom. The zero-order valence-corrected chi connectivity index (χ0v) is 9.51. The first-order valence-corrected chi connectivity index (χ1v) is 5.50. The molecule has 0 saturated carbocycles. The molecule has 1 saturated heterocycles. The molecule has 1 aromatic heterocycles. The lowest BCUT2D eigenvalue weighted by Crippen LogP contribution is -2.15. The van der Waals surface area contributed by atoms with E-state index < -0.39 is 0 Å². The van der Waals surface area contributed by atoms with Gasteiger partial charge in [-0.05, 0) is 13.3 Å². The highest BCUT2D eigenvalue weighted by atomic mass is 16.6. The second-order valence-corrected chi connectivity index (χ2v) is 3.61. The molecular weight excluding hydrogens is 208 g/mol. The predicted molar refractivity (Wildman–Crippen MR) is 57.3 cm³/mol. The van der Waals surface area contributed by atoms with E-state index in [9.17, 15) is 4.79 Å². The summed E-state index contributed by atoms with van der Waals surface area (Å²) in [4.78, 5) is 15.5. The first-order valence-electron chi connectivity index (χ1n) is 5.50. The van der Waals surface area contributed by atoms with E-state index in [2.05, 4.69) is 17.3 Å². The summed E-state index contributed by atoms with van der Waals surface area (Å²) < 4.78 is 6.93. The second-order valence-electron chi connectivity index (χ2n) is 3.61. The molecule has 1 aliphatic heterocycles. The Kier molecular flexibility index (Phi) is 3.09. The highest BCUT2D eigenvalue weighted by Crippen LogP contribution is 2.28. The van der Waals surface area contributed by atoms with E-state index in [4.69, 9.17) is 4.74 Å². The molecule has 1 unspecified atom stereocenters. The summed E-state index contributed by atoms with van der Waals surface area (Å²) in [5, 5.41) is 1.46. The summed E-state index contributed by atoms with van der Waals surface area (Å²) in [5.74, 6) is 0. The van der Waals surface area contributed by atoms with Crippen LogP contribution in [0.4, 0.5) is 4.79 Å². The van der Waals surface area contributed by atoms with E-state index in [1.165, 1.54) is 5.01 Å². The van der Waals surface area contributed by atoms with E-state index >= 15 is 0 Å². The average molecular weight is 224 g/mol. The standard InChI is InChI=1S/C10H16N4O2/c1-3-5-13-7-11-6-8(13)9-12-14(9)10(15)16-4-2/h6-7,9,12H,3-5H2,1-2H3. The molecule has 16 heavy (non-hydrogen) atoms. The SMILES string of the molecule is CCCn1cncc1C1NN1C(=O)OCC. The molecule has 0 spiro atoms. The Balaban J connectivity index is 1.99. The van der Waals surface area contributed by atoms with Crippen LogP contribution >= 0.6 is 0 Å². The first kappa shape index (κ1) is 10.9. The van der Waals surface area contributed by atoms with E-state index in [1.54, 1.807) is 19.4 Å². The fourth-order valence-corrected chi connectivity index (χ4v) is 1.63. The molecule has 1 aromatic rings. The number of aromatic nitrogens is 2. The smallest absolute Gasteiger partial charge is 0.426 e. The highest BCUT2D eigenvalue weighted by molar-refractivity contribution is 5.69. The summed E-state index contributed by atoms with van der Waals surface area (Å²) in [6.45, 7) is 5.19. The lowest BCUT2D eigenvalue weighted by molar-refractivity contribution is 0.131. The molecule has 1 N–H and O–H groups in total. The molecule has 2 rings (SSSR count). The zero-order valence-electron chi connectivity index (χ0n) is 9.51. The molecule has 2 heterocycles. The quantitative estimate of drug-likeness (QED) is 0.782. The van der Waals surface area contributed by atoms with Crippen molar-refractivity contribution in [2.24, 2.45) is 0 Å². The van der Waals surface area contributed by atoms with Crippen molar-refractivity contribution >= 4 is 6.09 Å². The van der Waals surface area contributed by atoms with Crippen LogP contribution in [0.3, 0.4) is 0 Å². The molecule has 1 fully saturated rings. The number of hydrogen-bond donors (Lipinski definition) is 1. The van der Waals surface area contributed by atoms with Gasteiger partial charge < -0.3 is 9.30 Å². The number of hydrogen-bond acceptors (Lipinski definition) is 4. The van der Waals surface area contributed by atoms with Crippen LogP contribution in [0.5, 0.6) is 0 Å². The van der Waals surface area contributed by atoms with Crippen LogP contribution < -0.4 is 5.43 Å². The van der Waals surface area contributed by atoms with E-state index in [-0.39, 0.29) is 12.3 Å². The number of amides is 1.